The number of nitrogens with two attached hydrogens (primary N) is 2. The van der Waals surface area contributed by atoms with Crippen molar-refractivity contribution in [3.05, 3.63) is 44.7 Å². The average molecular weight is 602 g/mol. The predicted molar refractivity (Wildman–Crippen MR) is 145 cm³/mol. The van der Waals surface area contributed by atoms with Crippen molar-refractivity contribution >= 4 is 86.9 Å². The first kappa shape index (κ1) is 27.5. The van der Waals surface area contributed by atoms with Gasteiger partial charge in [0.2, 0.25) is 0 Å². The minimum absolute atomic E-state index is 0.0404. The first-order valence-corrected chi connectivity index (χ1v) is 14.6. The highest BCUT2D eigenvalue weighted by Gasteiger charge is 2.54. The highest BCUT2D eigenvalue weighted by molar-refractivity contribution is 8.06. The van der Waals surface area contributed by atoms with E-state index in [2.05, 4.69) is 20.4 Å². The van der Waals surface area contributed by atoms with Crippen molar-refractivity contribution in [1.29, 1.82) is 0 Å². The number of nitrogens with one attached hydrogen (secondary N) is 1. The molecule has 3 atom stereocenters. The van der Waals surface area contributed by atoms with Crippen LogP contribution in [0.3, 0.4) is 0 Å². The van der Waals surface area contributed by atoms with Crippen LogP contribution in [0.5, 0.6) is 0 Å². The van der Waals surface area contributed by atoms with Crippen LogP contribution in [0.4, 0.5) is 5.13 Å². The summed E-state index contributed by atoms with van der Waals surface area (Å²) in [6.45, 7) is 1.99. The maximum Gasteiger partial charge on any atom is 0.353 e. The van der Waals surface area contributed by atoms with Gasteiger partial charge in [0.05, 0.1) is 5.37 Å². The van der Waals surface area contributed by atoms with Crippen molar-refractivity contribution in [2.75, 3.05) is 17.2 Å². The molecule has 0 spiro atoms. The van der Waals surface area contributed by atoms with E-state index in [9.17, 15) is 24.7 Å². The second-order valence-corrected chi connectivity index (χ2v) is 12.7. The Morgan fingerprint density at radius 3 is 2.84 bits per heavy atom. The zero-order valence-electron chi connectivity index (χ0n) is 19.0. The SMILES string of the molecule is CCSC(N)c1ccncc1SC1=C(C(=O)O)N2C(=O)[C@@H](NC(=O)/C(=N\O)c3nc(N)sc3Cl)[C@@H]2SC1. The van der Waals surface area contributed by atoms with E-state index in [1.165, 1.54) is 35.3 Å². The molecule has 0 aliphatic carbocycles. The minimum Gasteiger partial charge on any atom is -0.477 e. The van der Waals surface area contributed by atoms with Crippen molar-refractivity contribution in [3.8, 4) is 0 Å². The van der Waals surface area contributed by atoms with Crippen molar-refractivity contribution in [2.24, 2.45) is 10.9 Å². The standard InChI is InChI=1S/C20H20ClN7O5S4/c1-2-34-15(22)7-3-4-24-5-8(7)36-9-6-35-18-12(17(30)28(18)13(9)19(31)32)25-16(29)11(27-33)10-14(21)37-20(23)26-10/h3-5,12,15,18,33H,2,6,22H2,1H3,(H2,23,26)(H,25,29)(H,31,32)/b27-11-/t12-,15?,18+/m1/s1. The molecule has 2 aliphatic heterocycles. The maximum absolute atomic E-state index is 13.0. The van der Waals surface area contributed by atoms with Crippen LogP contribution in [0.15, 0.2) is 39.1 Å². The highest BCUT2D eigenvalue weighted by Crippen LogP contribution is 2.46. The number of aliphatic carboxylic acids is 1. The highest BCUT2D eigenvalue weighted by atomic mass is 35.5. The lowest BCUT2D eigenvalue weighted by molar-refractivity contribution is -0.150. The molecule has 2 aromatic heterocycles. The smallest absolute Gasteiger partial charge is 0.353 e. The number of hydrogen-bond donors (Lipinski definition) is 5. The lowest BCUT2D eigenvalue weighted by Gasteiger charge is -2.49. The molecule has 1 unspecified atom stereocenters. The molecule has 2 aromatic rings. The van der Waals surface area contributed by atoms with Crippen molar-refractivity contribution in [1.82, 2.24) is 20.2 Å². The fourth-order valence-corrected chi connectivity index (χ4v) is 8.01. The van der Waals surface area contributed by atoms with Crippen LogP contribution in [-0.2, 0) is 14.4 Å². The van der Waals surface area contributed by atoms with E-state index in [4.69, 9.17) is 23.1 Å². The number of carbonyl (C=O) groups excluding carboxylic acids is 2. The van der Waals surface area contributed by atoms with Gasteiger partial charge in [-0.15, -0.1) is 23.5 Å². The summed E-state index contributed by atoms with van der Waals surface area (Å²) in [4.78, 5) is 48.3. The molecule has 0 radical (unpaired) electrons. The normalized spacial score (nSPS) is 20.4. The van der Waals surface area contributed by atoms with Crippen LogP contribution >= 0.6 is 58.2 Å². The van der Waals surface area contributed by atoms with Gasteiger partial charge in [-0.05, 0) is 17.4 Å². The van der Waals surface area contributed by atoms with E-state index in [1.807, 2.05) is 6.92 Å². The van der Waals surface area contributed by atoms with Crippen molar-refractivity contribution in [2.45, 2.75) is 28.6 Å². The molecule has 37 heavy (non-hydrogen) atoms. The number of carboxylic acid groups (broad SMARTS) is 1. The van der Waals surface area contributed by atoms with Gasteiger partial charge in [-0.1, -0.05) is 46.8 Å². The summed E-state index contributed by atoms with van der Waals surface area (Å²) in [6, 6.07) is 0.742. The van der Waals surface area contributed by atoms with E-state index in [0.29, 0.717) is 9.80 Å². The molecule has 1 saturated heterocycles. The van der Waals surface area contributed by atoms with Gasteiger partial charge >= 0.3 is 5.97 Å². The quantitative estimate of drug-likeness (QED) is 0.0924. The number of thioether (sulfide) groups is 3. The van der Waals surface area contributed by atoms with Crippen LogP contribution in [0.25, 0.3) is 0 Å². The number of halogens is 1. The first-order valence-electron chi connectivity index (χ1n) is 10.5. The van der Waals surface area contributed by atoms with Gasteiger partial charge in [0.15, 0.2) is 10.8 Å². The van der Waals surface area contributed by atoms with E-state index in [-0.39, 0.29) is 32.0 Å². The predicted octanol–water partition coefficient (Wildman–Crippen LogP) is 2.15. The number of aromatic nitrogens is 2. The number of oxime groups is 1. The number of anilines is 1. The number of rotatable bonds is 9. The average Bonchev–Trinajstić information content (AvgIpc) is 3.20. The van der Waals surface area contributed by atoms with Crippen LogP contribution < -0.4 is 16.8 Å². The Bertz CT molecular complexity index is 1320. The van der Waals surface area contributed by atoms with E-state index in [0.717, 1.165) is 27.6 Å². The molecular formula is C20H20ClN7O5S4. The third kappa shape index (κ3) is 5.39. The van der Waals surface area contributed by atoms with Gasteiger partial charge in [0.1, 0.15) is 27.1 Å². The van der Waals surface area contributed by atoms with Gasteiger partial charge in [-0.2, -0.15) is 0 Å². The minimum atomic E-state index is -1.27. The zero-order chi connectivity index (χ0) is 26.9. The molecule has 196 valence electrons. The van der Waals surface area contributed by atoms with Gasteiger partial charge in [0.25, 0.3) is 11.8 Å². The topological polar surface area (TPSA) is 197 Å². The fourth-order valence-electron chi connectivity index (χ4n) is 3.66. The molecule has 4 rings (SSSR count). The lowest BCUT2D eigenvalue weighted by atomic mass is 10.0. The van der Waals surface area contributed by atoms with E-state index < -0.39 is 34.9 Å². The number of β-lactam (4-membered cyclic amide) rings is 1. The van der Waals surface area contributed by atoms with Crippen LogP contribution in [0, 0.1) is 0 Å². The Labute approximate surface area is 232 Å². The number of fused-ring (bicyclic) bond motifs is 1. The first-order chi connectivity index (χ1) is 17.7. The molecule has 7 N–H and O–H groups in total. The second-order valence-electron chi connectivity index (χ2n) is 7.45. The van der Waals surface area contributed by atoms with Gasteiger partial charge in [0, 0.05) is 27.9 Å². The van der Waals surface area contributed by atoms with Crippen LogP contribution in [0.1, 0.15) is 23.6 Å². The number of hydrogen-bond acceptors (Lipinski definition) is 13. The number of carboxylic acids is 1. The maximum atomic E-state index is 13.0. The summed E-state index contributed by atoms with van der Waals surface area (Å²) in [5.74, 6) is -1.73. The molecule has 17 heteroatoms. The Morgan fingerprint density at radius 2 is 2.22 bits per heavy atom. The Hall–Kier alpha value is -2.50. The van der Waals surface area contributed by atoms with Crippen molar-refractivity contribution < 1.29 is 24.7 Å². The lowest BCUT2D eigenvalue weighted by Crippen LogP contribution is -2.71. The fraction of sp³-hybridized carbons (Fsp3) is 0.300. The summed E-state index contributed by atoms with van der Waals surface area (Å²) in [5.41, 5.74) is 11.9. The largest absolute Gasteiger partial charge is 0.477 e. The Balaban J connectivity index is 1.55. The van der Waals surface area contributed by atoms with E-state index >= 15 is 0 Å². The van der Waals surface area contributed by atoms with Crippen LogP contribution in [0.2, 0.25) is 4.34 Å². The Kier molecular flexibility index (Phi) is 8.55. The number of carbonyl (C=O) groups is 3. The summed E-state index contributed by atoms with van der Waals surface area (Å²) in [7, 11) is 0. The number of amides is 2. The number of nitrogens with zero attached hydrogens (tertiary/aromatic N) is 4. The molecular weight excluding hydrogens is 582 g/mol. The number of thiazole rings is 1. The zero-order valence-corrected chi connectivity index (χ0v) is 23.0. The third-order valence-electron chi connectivity index (χ3n) is 5.27. The summed E-state index contributed by atoms with van der Waals surface area (Å²) in [5, 5.41) is 23.9. The summed E-state index contributed by atoms with van der Waals surface area (Å²) >= 11 is 10.9. The summed E-state index contributed by atoms with van der Waals surface area (Å²) < 4.78 is 0.0404. The third-order valence-corrected chi connectivity index (χ3v) is 9.90. The molecule has 0 bridgehead atoms. The molecule has 4 heterocycles. The van der Waals surface area contributed by atoms with Crippen molar-refractivity contribution in [3.63, 3.8) is 0 Å². The molecule has 12 nitrogen and oxygen atoms in total. The molecule has 0 saturated carbocycles. The van der Waals surface area contributed by atoms with Crippen LogP contribution in [-0.4, -0.2) is 71.6 Å². The van der Waals surface area contributed by atoms with Gasteiger partial charge < -0.3 is 27.1 Å². The molecule has 0 aromatic carbocycles. The van der Waals surface area contributed by atoms with Gasteiger partial charge in [-0.25, -0.2) is 9.78 Å². The summed E-state index contributed by atoms with van der Waals surface area (Å²) in [6.07, 6.45) is 3.24. The molecule has 2 aliphatic rings. The van der Waals surface area contributed by atoms with E-state index in [1.54, 1.807) is 18.5 Å². The Morgan fingerprint density at radius 1 is 1.46 bits per heavy atom. The molecule has 1 fully saturated rings. The van der Waals surface area contributed by atoms with Gasteiger partial charge in [-0.3, -0.25) is 19.5 Å². The second kappa shape index (κ2) is 11.5. The monoisotopic (exact) mass is 601 g/mol. The number of nitrogen functional groups attached to an aromatic ring is 1. The molecule has 2 amide bonds. The number of pyridine rings is 1.